The average molecular weight is 383 g/mol. The zero-order valence-corrected chi connectivity index (χ0v) is 15.0. The van der Waals surface area contributed by atoms with Gasteiger partial charge in [-0.05, 0) is 43.3 Å². The number of amides is 1. The van der Waals surface area contributed by atoms with Gasteiger partial charge in [0, 0.05) is 11.1 Å². The minimum Gasteiger partial charge on any atom is -0.494 e. The molecule has 2 aromatic heterocycles. The molecular weight excluding hydrogens is 369 g/mol. The fourth-order valence-corrected chi connectivity index (χ4v) is 3.25. The summed E-state index contributed by atoms with van der Waals surface area (Å²) in [5.41, 5.74) is 1.03. The summed E-state index contributed by atoms with van der Waals surface area (Å²) in [6.45, 7) is 2.46. The summed E-state index contributed by atoms with van der Waals surface area (Å²) in [5.74, 6) is 0.439. The van der Waals surface area contributed by atoms with Gasteiger partial charge in [0.05, 0.1) is 6.61 Å². The predicted molar refractivity (Wildman–Crippen MR) is 99.6 cm³/mol. The fourth-order valence-electron chi connectivity index (χ4n) is 2.51. The number of carbonyl (C=O) groups excluding carboxylic acids is 1. The van der Waals surface area contributed by atoms with Crippen LogP contribution in [0.3, 0.4) is 0 Å². The molecular formula is C18H14FN5O2S. The van der Waals surface area contributed by atoms with Gasteiger partial charge in [-0.15, -0.1) is 15.3 Å². The van der Waals surface area contributed by atoms with Crippen molar-refractivity contribution < 1.29 is 13.9 Å². The lowest BCUT2D eigenvalue weighted by molar-refractivity contribution is 0.102. The number of nitrogens with zero attached hydrogens (tertiary/aromatic N) is 4. The van der Waals surface area contributed by atoms with E-state index in [1.165, 1.54) is 28.0 Å². The Hall–Kier alpha value is -3.33. The van der Waals surface area contributed by atoms with E-state index in [-0.39, 0.29) is 11.7 Å². The zero-order chi connectivity index (χ0) is 18.8. The van der Waals surface area contributed by atoms with E-state index in [0.717, 1.165) is 0 Å². The van der Waals surface area contributed by atoms with Crippen LogP contribution < -0.4 is 10.1 Å². The largest absolute Gasteiger partial charge is 0.494 e. The van der Waals surface area contributed by atoms with Gasteiger partial charge in [-0.1, -0.05) is 23.5 Å². The Bertz CT molecular complexity index is 1110. The number of ether oxygens (including phenoxy) is 1. The topological polar surface area (TPSA) is 81.4 Å². The maximum absolute atomic E-state index is 13.5. The van der Waals surface area contributed by atoms with Gasteiger partial charge >= 0.3 is 0 Å². The summed E-state index contributed by atoms with van der Waals surface area (Å²) in [4.78, 5) is 12.9. The number of rotatable bonds is 5. The number of hydrogen-bond donors (Lipinski definition) is 1. The molecule has 0 fully saturated rings. The van der Waals surface area contributed by atoms with Crippen molar-refractivity contribution in [1.82, 2.24) is 19.8 Å². The molecule has 0 aliphatic heterocycles. The Kier molecular flexibility index (Phi) is 4.51. The molecule has 0 saturated heterocycles. The average Bonchev–Trinajstić information content (AvgIpc) is 3.22. The van der Waals surface area contributed by atoms with Crippen LogP contribution in [0.4, 0.5) is 9.52 Å². The van der Waals surface area contributed by atoms with Crippen molar-refractivity contribution in [3.8, 4) is 17.1 Å². The van der Waals surface area contributed by atoms with Gasteiger partial charge in [-0.25, -0.2) is 4.39 Å². The van der Waals surface area contributed by atoms with E-state index in [2.05, 4.69) is 20.6 Å². The van der Waals surface area contributed by atoms with Crippen LogP contribution in [0.15, 0.2) is 48.5 Å². The van der Waals surface area contributed by atoms with Crippen LogP contribution in [0.2, 0.25) is 0 Å². The normalized spacial score (nSPS) is 10.9. The number of nitrogens with one attached hydrogen (secondary N) is 1. The minimum atomic E-state index is -0.372. The van der Waals surface area contributed by atoms with Gasteiger partial charge in [0.2, 0.25) is 10.1 Å². The number of anilines is 1. The number of hydrogen-bond acceptors (Lipinski definition) is 6. The van der Waals surface area contributed by atoms with Crippen molar-refractivity contribution in [3.05, 3.63) is 59.9 Å². The Morgan fingerprint density at radius 2 is 2.04 bits per heavy atom. The molecule has 0 aliphatic rings. The van der Waals surface area contributed by atoms with Crippen molar-refractivity contribution in [2.24, 2.45) is 0 Å². The van der Waals surface area contributed by atoms with Crippen LogP contribution in [0.25, 0.3) is 16.3 Å². The molecule has 0 unspecified atom stereocenters. The molecule has 0 spiro atoms. The van der Waals surface area contributed by atoms with Gasteiger partial charge < -0.3 is 4.74 Å². The maximum Gasteiger partial charge on any atom is 0.257 e. The number of fused-ring (bicyclic) bond motifs is 1. The second-order valence-electron chi connectivity index (χ2n) is 5.55. The number of aromatic nitrogens is 4. The van der Waals surface area contributed by atoms with Crippen LogP contribution in [0.1, 0.15) is 17.3 Å². The van der Waals surface area contributed by atoms with Gasteiger partial charge in [0.1, 0.15) is 11.6 Å². The molecule has 4 aromatic rings. The van der Waals surface area contributed by atoms with E-state index in [9.17, 15) is 9.18 Å². The predicted octanol–water partition coefficient (Wildman–Crippen LogP) is 3.64. The highest BCUT2D eigenvalue weighted by atomic mass is 32.1. The maximum atomic E-state index is 13.5. The molecule has 4 rings (SSSR count). The van der Waals surface area contributed by atoms with Gasteiger partial charge in [0.15, 0.2) is 5.82 Å². The highest BCUT2D eigenvalue weighted by Crippen LogP contribution is 2.25. The molecule has 1 N–H and O–H groups in total. The van der Waals surface area contributed by atoms with Crippen LogP contribution in [0, 0.1) is 5.82 Å². The van der Waals surface area contributed by atoms with Crippen molar-refractivity contribution in [2.75, 3.05) is 11.9 Å². The summed E-state index contributed by atoms with van der Waals surface area (Å²) < 4.78 is 20.3. The lowest BCUT2D eigenvalue weighted by Gasteiger charge is -2.04. The monoisotopic (exact) mass is 383 g/mol. The van der Waals surface area contributed by atoms with E-state index >= 15 is 0 Å². The molecule has 7 nitrogen and oxygen atoms in total. The summed E-state index contributed by atoms with van der Waals surface area (Å²) >= 11 is 1.18. The molecule has 0 radical (unpaired) electrons. The smallest absolute Gasteiger partial charge is 0.257 e. The molecule has 27 heavy (non-hydrogen) atoms. The fraction of sp³-hybridized carbons (Fsp3) is 0.111. The van der Waals surface area contributed by atoms with Crippen molar-refractivity contribution >= 4 is 27.3 Å². The molecule has 0 saturated carbocycles. The highest BCUT2D eigenvalue weighted by Gasteiger charge is 2.16. The van der Waals surface area contributed by atoms with Gasteiger partial charge in [-0.3, -0.25) is 10.1 Å². The molecule has 0 bridgehead atoms. The quantitative estimate of drug-likeness (QED) is 0.569. The van der Waals surface area contributed by atoms with Crippen molar-refractivity contribution in [3.63, 3.8) is 0 Å². The second kappa shape index (κ2) is 7.12. The molecule has 1 amide bonds. The van der Waals surface area contributed by atoms with Crippen LogP contribution in [-0.2, 0) is 0 Å². The molecule has 9 heteroatoms. The Balaban J connectivity index is 1.57. The van der Waals surface area contributed by atoms with E-state index in [1.54, 1.807) is 36.4 Å². The molecule has 0 atom stereocenters. The summed E-state index contributed by atoms with van der Waals surface area (Å²) in [7, 11) is 0. The highest BCUT2D eigenvalue weighted by molar-refractivity contribution is 7.20. The van der Waals surface area contributed by atoms with E-state index < -0.39 is 0 Å². The Morgan fingerprint density at radius 1 is 1.22 bits per heavy atom. The van der Waals surface area contributed by atoms with Crippen molar-refractivity contribution in [1.29, 1.82) is 0 Å². The molecule has 2 aromatic carbocycles. The van der Waals surface area contributed by atoms with Gasteiger partial charge in [-0.2, -0.15) is 4.52 Å². The standard InChI is InChI=1S/C18H14FN5O2S/c1-2-26-14-8-6-11(7-9-14)16(25)20-17-23-24-15(21-22-18(24)27-17)12-4-3-5-13(19)10-12/h3-10H,2H2,1H3,(H,20,23,25). The Morgan fingerprint density at radius 3 is 2.78 bits per heavy atom. The third kappa shape index (κ3) is 3.49. The summed E-state index contributed by atoms with van der Waals surface area (Å²) in [6.07, 6.45) is 0. The third-order valence-electron chi connectivity index (χ3n) is 3.72. The summed E-state index contributed by atoms with van der Waals surface area (Å²) in [5, 5.41) is 15.5. The van der Waals surface area contributed by atoms with Crippen LogP contribution in [-0.4, -0.2) is 32.3 Å². The van der Waals surface area contributed by atoms with E-state index in [4.69, 9.17) is 4.74 Å². The van der Waals surface area contributed by atoms with E-state index in [0.29, 0.717) is 39.4 Å². The van der Waals surface area contributed by atoms with Gasteiger partial charge in [0.25, 0.3) is 5.91 Å². The third-order valence-corrected chi connectivity index (χ3v) is 4.54. The van der Waals surface area contributed by atoms with Crippen molar-refractivity contribution in [2.45, 2.75) is 6.92 Å². The zero-order valence-electron chi connectivity index (χ0n) is 14.2. The lowest BCUT2D eigenvalue weighted by Crippen LogP contribution is -2.12. The van der Waals surface area contributed by atoms with E-state index in [1.807, 2.05) is 6.92 Å². The number of halogens is 1. The lowest BCUT2D eigenvalue weighted by atomic mass is 10.2. The number of carbonyl (C=O) groups is 1. The minimum absolute atomic E-state index is 0.296. The van der Waals surface area contributed by atoms with Crippen LogP contribution in [0.5, 0.6) is 5.75 Å². The first-order valence-electron chi connectivity index (χ1n) is 8.16. The SMILES string of the molecule is CCOc1ccc(C(=O)Nc2nn3c(-c4cccc(F)c4)nnc3s2)cc1. The second-order valence-corrected chi connectivity index (χ2v) is 6.50. The Labute approximate surface area is 157 Å². The first-order valence-corrected chi connectivity index (χ1v) is 8.98. The number of benzene rings is 2. The van der Waals surface area contributed by atoms with Crippen LogP contribution >= 0.6 is 11.3 Å². The molecule has 0 aliphatic carbocycles. The molecule has 2 heterocycles. The first kappa shape index (κ1) is 17.1. The molecule has 136 valence electrons. The summed E-state index contributed by atoms with van der Waals surface area (Å²) in [6, 6.07) is 12.8. The first-order chi connectivity index (χ1) is 13.1.